The number of amides is 1. The van der Waals surface area contributed by atoms with Gasteiger partial charge in [0.15, 0.2) is 9.84 Å². The predicted octanol–water partition coefficient (Wildman–Crippen LogP) is 0.225. The molecule has 0 aromatic rings. The number of hydrogen-bond donors (Lipinski definition) is 1. The van der Waals surface area contributed by atoms with Gasteiger partial charge in [0.2, 0.25) is 5.91 Å². The summed E-state index contributed by atoms with van der Waals surface area (Å²) in [5, 5.41) is 3.21. The maximum atomic E-state index is 11.8. The zero-order valence-corrected chi connectivity index (χ0v) is 11.9. The number of carbonyl (C=O) groups is 1. The maximum Gasteiger partial charge on any atom is 0.237 e. The molecule has 0 bridgehead atoms. The summed E-state index contributed by atoms with van der Waals surface area (Å²) in [6.45, 7) is 5.23. The van der Waals surface area contributed by atoms with Crippen LogP contribution in [-0.2, 0) is 14.6 Å². The summed E-state index contributed by atoms with van der Waals surface area (Å²) in [4.78, 5) is 13.7. The SMILES string of the molecule is CC(C)CC1NCC(=O)N1CC1CCS(=O)(=O)C1. The Balaban J connectivity index is 1.96. The first-order valence-electron chi connectivity index (χ1n) is 6.60. The molecule has 2 unspecified atom stereocenters. The van der Waals surface area contributed by atoms with E-state index in [1.807, 2.05) is 4.90 Å². The highest BCUT2D eigenvalue weighted by atomic mass is 32.2. The Labute approximate surface area is 109 Å². The van der Waals surface area contributed by atoms with Crippen LogP contribution in [-0.4, -0.2) is 50.0 Å². The summed E-state index contributed by atoms with van der Waals surface area (Å²) in [6, 6.07) is 0. The molecule has 0 spiro atoms. The van der Waals surface area contributed by atoms with Crippen molar-refractivity contribution in [1.82, 2.24) is 10.2 Å². The fourth-order valence-electron chi connectivity index (χ4n) is 2.77. The molecular weight excluding hydrogens is 252 g/mol. The second-order valence-corrected chi connectivity index (χ2v) is 8.07. The lowest BCUT2D eigenvalue weighted by molar-refractivity contribution is -0.128. The minimum Gasteiger partial charge on any atom is -0.326 e. The fraction of sp³-hybridized carbons (Fsp3) is 0.917. The lowest BCUT2D eigenvalue weighted by Crippen LogP contribution is -2.41. The maximum absolute atomic E-state index is 11.8. The van der Waals surface area contributed by atoms with Gasteiger partial charge in [-0.1, -0.05) is 13.8 Å². The van der Waals surface area contributed by atoms with Gasteiger partial charge < -0.3 is 4.90 Å². The molecule has 0 aliphatic carbocycles. The molecule has 5 nitrogen and oxygen atoms in total. The van der Waals surface area contributed by atoms with Crippen molar-refractivity contribution in [2.75, 3.05) is 24.6 Å². The van der Waals surface area contributed by atoms with E-state index in [0.717, 1.165) is 6.42 Å². The number of nitrogens with one attached hydrogen (secondary N) is 1. The largest absolute Gasteiger partial charge is 0.326 e. The van der Waals surface area contributed by atoms with Crippen LogP contribution in [0.1, 0.15) is 26.7 Å². The standard InChI is InChI=1S/C12H22N2O3S/c1-9(2)5-11-13-6-12(15)14(11)7-10-3-4-18(16,17)8-10/h9-11,13H,3-8H2,1-2H3. The highest BCUT2D eigenvalue weighted by Gasteiger charge is 2.36. The van der Waals surface area contributed by atoms with Crippen molar-refractivity contribution in [3.63, 3.8) is 0 Å². The summed E-state index contributed by atoms with van der Waals surface area (Å²) < 4.78 is 22.9. The Morgan fingerprint density at radius 3 is 2.72 bits per heavy atom. The van der Waals surface area contributed by atoms with Gasteiger partial charge in [0.1, 0.15) is 0 Å². The second kappa shape index (κ2) is 5.17. The highest BCUT2D eigenvalue weighted by molar-refractivity contribution is 7.91. The van der Waals surface area contributed by atoms with Crippen molar-refractivity contribution < 1.29 is 13.2 Å². The molecule has 2 aliphatic heterocycles. The van der Waals surface area contributed by atoms with Crippen molar-refractivity contribution in [1.29, 1.82) is 0 Å². The van der Waals surface area contributed by atoms with Gasteiger partial charge in [-0.25, -0.2) is 8.42 Å². The molecule has 0 saturated carbocycles. The lowest BCUT2D eigenvalue weighted by Gasteiger charge is -2.27. The number of carbonyl (C=O) groups excluding carboxylic acids is 1. The molecule has 104 valence electrons. The zero-order chi connectivity index (χ0) is 13.3. The fourth-order valence-corrected chi connectivity index (χ4v) is 4.62. The third-order valence-electron chi connectivity index (χ3n) is 3.66. The van der Waals surface area contributed by atoms with Crippen LogP contribution in [0.2, 0.25) is 0 Å². The molecule has 18 heavy (non-hydrogen) atoms. The van der Waals surface area contributed by atoms with Crippen molar-refractivity contribution in [3.8, 4) is 0 Å². The van der Waals surface area contributed by atoms with E-state index in [2.05, 4.69) is 19.2 Å². The Bertz CT molecular complexity index is 419. The minimum atomic E-state index is -2.85. The first-order valence-corrected chi connectivity index (χ1v) is 8.43. The average Bonchev–Trinajstić information content (AvgIpc) is 2.74. The molecule has 1 N–H and O–H groups in total. The van der Waals surface area contributed by atoms with Crippen LogP contribution in [0.3, 0.4) is 0 Å². The van der Waals surface area contributed by atoms with E-state index in [1.54, 1.807) is 0 Å². The number of nitrogens with zero attached hydrogens (tertiary/aromatic N) is 1. The minimum absolute atomic E-state index is 0.0841. The summed E-state index contributed by atoms with van der Waals surface area (Å²) >= 11 is 0. The number of sulfone groups is 1. The molecule has 1 amide bonds. The highest BCUT2D eigenvalue weighted by Crippen LogP contribution is 2.23. The predicted molar refractivity (Wildman–Crippen MR) is 69.7 cm³/mol. The van der Waals surface area contributed by atoms with E-state index >= 15 is 0 Å². The van der Waals surface area contributed by atoms with E-state index in [4.69, 9.17) is 0 Å². The van der Waals surface area contributed by atoms with Crippen LogP contribution in [0, 0.1) is 11.8 Å². The third kappa shape index (κ3) is 3.23. The second-order valence-electron chi connectivity index (χ2n) is 5.84. The van der Waals surface area contributed by atoms with Crippen molar-refractivity contribution in [2.24, 2.45) is 11.8 Å². The van der Waals surface area contributed by atoms with Gasteiger partial charge in [-0.05, 0) is 24.7 Å². The molecule has 2 saturated heterocycles. The van der Waals surface area contributed by atoms with Gasteiger partial charge in [0.25, 0.3) is 0 Å². The molecular formula is C12H22N2O3S. The van der Waals surface area contributed by atoms with E-state index in [1.165, 1.54) is 0 Å². The van der Waals surface area contributed by atoms with Gasteiger partial charge in [-0.15, -0.1) is 0 Å². The molecule has 0 radical (unpaired) electrons. The van der Waals surface area contributed by atoms with E-state index in [9.17, 15) is 13.2 Å². The van der Waals surface area contributed by atoms with E-state index in [-0.39, 0.29) is 29.5 Å². The Kier molecular flexibility index (Phi) is 3.96. The van der Waals surface area contributed by atoms with Crippen molar-refractivity contribution in [2.45, 2.75) is 32.9 Å². The number of hydrogen-bond acceptors (Lipinski definition) is 4. The molecule has 2 aliphatic rings. The van der Waals surface area contributed by atoms with Gasteiger partial charge in [-0.2, -0.15) is 0 Å². The molecule has 2 fully saturated rings. The van der Waals surface area contributed by atoms with Gasteiger partial charge in [0, 0.05) is 6.54 Å². The topological polar surface area (TPSA) is 66.5 Å². The zero-order valence-electron chi connectivity index (χ0n) is 11.1. The molecule has 2 atom stereocenters. The number of rotatable bonds is 4. The molecule has 6 heteroatoms. The third-order valence-corrected chi connectivity index (χ3v) is 5.50. The smallest absolute Gasteiger partial charge is 0.237 e. The summed E-state index contributed by atoms with van der Waals surface area (Å²) in [5.74, 6) is 1.26. The summed E-state index contributed by atoms with van der Waals surface area (Å²) in [6.07, 6.45) is 1.70. The van der Waals surface area contributed by atoms with Crippen LogP contribution in [0.15, 0.2) is 0 Å². The van der Waals surface area contributed by atoms with Crippen LogP contribution in [0.5, 0.6) is 0 Å². The van der Waals surface area contributed by atoms with Gasteiger partial charge in [0.05, 0.1) is 24.2 Å². The molecule has 0 aromatic heterocycles. The molecule has 2 heterocycles. The summed E-state index contributed by atoms with van der Waals surface area (Å²) in [7, 11) is -2.85. The van der Waals surface area contributed by atoms with Crippen LogP contribution in [0.4, 0.5) is 0 Å². The summed E-state index contributed by atoms with van der Waals surface area (Å²) in [5.41, 5.74) is 0. The van der Waals surface area contributed by atoms with Gasteiger partial charge in [-0.3, -0.25) is 10.1 Å². The first kappa shape index (κ1) is 13.8. The van der Waals surface area contributed by atoms with Crippen LogP contribution in [0.25, 0.3) is 0 Å². The van der Waals surface area contributed by atoms with Crippen molar-refractivity contribution >= 4 is 15.7 Å². The normalized spacial score (nSPS) is 31.5. The molecule has 2 rings (SSSR count). The lowest BCUT2D eigenvalue weighted by atomic mass is 10.1. The van der Waals surface area contributed by atoms with Crippen LogP contribution < -0.4 is 5.32 Å². The quantitative estimate of drug-likeness (QED) is 0.796. The Hall–Kier alpha value is -0.620. The van der Waals surface area contributed by atoms with Crippen LogP contribution >= 0.6 is 0 Å². The average molecular weight is 274 g/mol. The van der Waals surface area contributed by atoms with Gasteiger partial charge >= 0.3 is 0 Å². The van der Waals surface area contributed by atoms with E-state index < -0.39 is 9.84 Å². The Morgan fingerprint density at radius 1 is 1.44 bits per heavy atom. The first-order chi connectivity index (χ1) is 8.37. The monoisotopic (exact) mass is 274 g/mol. The van der Waals surface area contributed by atoms with E-state index in [0.29, 0.717) is 25.4 Å². The molecule has 0 aromatic carbocycles. The van der Waals surface area contributed by atoms with Crippen molar-refractivity contribution in [3.05, 3.63) is 0 Å². The Morgan fingerprint density at radius 2 is 2.17 bits per heavy atom.